The van der Waals surface area contributed by atoms with Crippen LogP contribution in [0.4, 0.5) is 0 Å². The molecule has 6 heteroatoms. The summed E-state index contributed by atoms with van der Waals surface area (Å²) in [5.41, 5.74) is 1.60. The minimum atomic E-state index is 0.0767. The summed E-state index contributed by atoms with van der Waals surface area (Å²) in [6.07, 6.45) is 8.46. The molecule has 0 aromatic carbocycles. The summed E-state index contributed by atoms with van der Waals surface area (Å²) in [5, 5.41) is 8.93. The highest BCUT2D eigenvalue weighted by Gasteiger charge is 2.29. The van der Waals surface area contributed by atoms with Crippen molar-refractivity contribution in [3.63, 3.8) is 0 Å². The van der Waals surface area contributed by atoms with Crippen LogP contribution in [0.5, 0.6) is 0 Å². The van der Waals surface area contributed by atoms with Crippen molar-refractivity contribution >= 4 is 5.91 Å². The Kier molecular flexibility index (Phi) is 4.51. The van der Waals surface area contributed by atoms with Crippen molar-refractivity contribution in [3.8, 4) is 0 Å². The van der Waals surface area contributed by atoms with Crippen LogP contribution in [-0.2, 0) is 13.0 Å². The lowest BCUT2D eigenvalue weighted by atomic mass is 9.96. The molecule has 1 fully saturated rings. The predicted octanol–water partition coefficient (Wildman–Crippen LogP) is 2.73. The van der Waals surface area contributed by atoms with Crippen LogP contribution in [0.25, 0.3) is 0 Å². The third kappa shape index (κ3) is 3.30. The second-order valence-electron chi connectivity index (χ2n) is 7.22. The Bertz CT molecular complexity index is 752. The van der Waals surface area contributed by atoms with E-state index in [9.17, 15) is 4.79 Å². The molecule has 1 saturated heterocycles. The number of hydrogen-bond donors (Lipinski definition) is 0. The number of likely N-dealkylation sites (tertiary alicyclic amines) is 1. The van der Waals surface area contributed by atoms with Crippen LogP contribution in [0.2, 0.25) is 0 Å². The van der Waals surface area contributed by atoms with Crippen LogP contribution in [0.15, 0.2) is 18.3 Å². The molecular weight excluding hydrogens is 314 g/mol. The van der Waals surface area contributed by atoms with Gasteiger partial charge >= 0.3 is 0 Å². The van der Waals surface area contributed by atoms with Crippen molar-refractivity contribution in [1.82, 2.24) is 24.6 Å². The summed E-state index contributed by atoms with van der Waals surface area (Å²) < 4.78 is 2.32. The highest BCUT2D eigenvalue weighted by molar-refractivity contribution is 5.94. The maximum atomic E-state index is 12.8. The van der Waals surface area contributed by atoms with Gasteiger partial charge in [0, 0.05) is 43.9 Å². The van der Waals surface area contributed by atoms with Crippen molar-refractivity contribution in [2.75, 3.05) is 13.1 Å². The summed E-state index contributed by atoms with van der Waals surface area (Å²) >= 11 is 0. The molecule has 2 aliphatic heterocycles. The van der Waals surface area contributed by atoms with E-state index in [-0.39, 0.29) is 11.8 Å². The van der Waals surface area contributed by atoms with Gasteiger partial charge in [-0.05, 0) is 44.7 Å². The van der Waals surface area contributed by atoms with Crippen LogP contribution in [0.3, 0.4) is 0 Å². The van der Waals surface area contributed by atoms with Crippen molar-refractivity contribution in [1.29, 1.82) is 0 Å². The molecule has 132 valence electrons. The number of carbonyl (C=O) groups excluding carboxylic acids is 1. The van der Waals surface area contributed by atoms with E-state index in [0.717, 1.165) is 56.2 Å². The lowest BCUT2D eigenvalue weighted by Crippen LogP contribution is -2.39. The summed E-state index contributed by atoms with van der Waals surface area (Å²) in [4.78, 5) is 19.0. The van der Waals surface area contributed by atoms with Crippen LogP contribution < -0.4 is 0 Å². The van der Waals surface area contributed by atoms with Gasteiger partial charge in [0.15, 0.2) is 0 Å². The first-order chi connectivity index (χ1) is 12.2. The maximum absolute atomic E-state index is 12.8. The molecule has 1 unspecified atom stereocenters. The lowest BCUT2D eigenvalue weighted by Gasteiger charge is -2.32. The molecular formula is C19H25N5O. The molecule has 0 aliphatic carbocycles. The topological polar surface area (TPSA) is 63.9 Å². The number of hydrogen-bond acceptors (Lipinski definition) is 4. The van der Waals surface area contributed by atoms with Crippen molar-refractivity contribution < 1.29 is 4.79 Å². The quantitative estimate of drug-likeness (QED) is 0.844. The van der Waals surface area contributed by atoms with E-state index < -0.39 is 0 Å². The largest absolute Gasteiger partial charge is 0.338 e. The normalized spacial score (nSPS) is 20.8. The van der Waals surface area contributed by atoms with Crippen molar-refractivity contribution in [2.45, 2.75) is 57.9 Å². The number of pyridine rings is 1. The van der Waals surface area contributed by atoms with Gasteiger partial charge in [-0.3, -0.25) is 9.78 Å². The molecule has 2 aliphatic rings. The molecule has 0 radical (unpaired) electrons. The van der Waals surface area contributed by atoms with Gasteiger partial charge in [-0.15, -0.1) is 10.2 Å². The Morgan fingerprint density at radius 1 is 1.12 bits per heavy atom. The Morgan fingerprint density at radius 3 is 2.88 bits per heavy atom. The molecule has 2 aromatic heterocycles. The molecule has 6 nitrogen and oxygen atoms in total. The average molecular weight is 339 g/mol. The van der Waals surface area contributed by atoms with Gasteiger partial charge in [-0.1, -0.05) is 6.42 Å². The van der Waals surface area contributed by atoms with Gasteiger partial charge in [0.25, 0.3) is 5.91 Å². The van der Waals surface area contributed by atoms with E-state index in [2.05, 4.69) is 19.7 Å². The number of rotatable bonds is 2. The molecule has 2 aromatic rings. The van der Waals surface area contributed by atoms with Gasteiger partial charge in [0.05, 0.1) is 5.56 Å². The van der Waals surface area contributed by atoms with Gasteiger partial charge in [0.2, 0.25) is 0 Å². The Balaban J connectivity index is 1.52. The van der Waals surface area contributed by atoms with E-state index in [1.54, 1.807) is 6.20 Å². The number of amides is 1. The molecule has 0 saturated carbocycles. The molecule has 0 N–H and O–H groups in total. The second kappa shape index (κ2) is 6.94. The number of piperidine rings is 1. The molecule has 0 bridgehead atoms. The van der Waals surface area contributed by atoms with E-state index in [0.29, 0.717) is 5.56 Å². The fourth-order valence-corrected chi connectivity index (χ4v) is 3.96. The fourth-order valence-electron chi connectivity index (χ4n) is 3.96. The number of nitrogens with zero attached hydrogens (tertiary/aromatic N) is 5. The van der Waals surface area contributed by atoms with Crippen LogP contribution in [0, 0.1) is 6.92 Å². The molecule has 4 heterocycles. The first-order valence-electron chi connectivity index (χ1n) is 9.36. The molecule has 1 atom stereocenters. The number of aryl methyl sites for hydroxylation is 2. The highest BCUT2D eigenvalue weighted by atomic mass is 16.2. The first kappa shape index (κ1) is 16.2. The van der Waals surface area contributed by atoms with Crippen LogP contribution in [-0.4, -0.2) is 43.6 Å². The zero-order valence-corrected chi connectivity index (χ0v) is 14.8. The monoisotopic (exact) mass is 339 g/mol. The van der Waals surface area contributed by atoms with E-state index >= 15 is 0 Å². The average Bonchev–Trinajstić information content (AvgIpc) is 2.90. The number of fused-ring (bicyclic) bond motifs is 1. The summed E-state index contributed by atoms with van der Waals surface area (Å²) in [6.45, 7) is 4.49. The van der Waals surface area contributed by atoms with E-state index in [1.807, 2.05) is 24.0 Å². The third-order valence-electron chi connectivity index (χ3n) is 5.37. The van der Waals surface area contributed by atoms with Gasteiger partial charge in [-0.2, -0.15) is 0 Å². The SMILES string of the molecule is Cc1ccc(C(=O)N2CCCC(c3nnc4n3CCCCC4)C2)cn1. The van der Waals surface area contributed by atoms with Crippen molar-refractivity contribution in [2.24, 2.45) is 0 Å². The Hall–Kier alpha value is -2.24. The zero-order chi connectivity index (χ0) is 17.2. The van der Waals surface area contributed by atoms with E-state index in [4.69, 9.17) is 0 Å². The van der Waals surface area contributed by atoms with Crippen molar-refractivity contribution in [3.05, 3.63) is 41.2 Å². The molecule has 0 spiro atoms. The van der Waals surface area contributed by atoms with E-state index in [1.165, 1.54) is 19.3 Å². The summed E-state index contributed by atoms with van der Waals surface area (Å²) in [7, 11) is 0. The fraction of sp³-hybridized carbons (Fsp3) is 0.579. The lowest BCUT2D eigenvalue weighted by molar-refractivity contribution is 0.0702. The summed E-state index contributed by atoms with van der Waals surface area (Å²) in [6, 6.07) is 3.77. The molecule has 25 heavy (non-hydrogen) atoms. The van der Waals surface area contributed by atoms with Gasteiger partial charge in [-0.25, -0.2) is 0 Å². The van der Waals surface area contributed by atoms with Crippen LogP contribution in [0.1, 0.15) is 65.7 Å². The Morgan fingerprint density at radius 2 is 2.04 bits per heavy atom. The second-order valence-corrected chi connectivity index (χ2v) is 7.22. The van der Waals surface area contributed by atoms with Crippen LogP contribution >= 0.6 is 0 Å². The third-order valence-corrected chi connectivity index (χ3v) is 5.37. The minimum absolute atomic E-state index is 0.0767. The van der Waals surface area contributed by atoms with Gasteiger partial charge < -0.3 is 9.47 Å². The highest BCUT2D eigenvalue weighted by Crippen LogP contribution is 2.28. The summed E-state index contributed by atoms with van der Waals surface area (Å²) in [5.74, 6) is 2.57. The molecule has 4 rings (SSSR count). The van der Waals surface area contributed by atoms with Gasteiger partial charge in [0.1, 0.15) is 11.6 Å². The molecule has 1 amide bonds. The smallest absolute Gasteiger partial charge is 0.255 e. The standard InChI is InChI=1S/C19H25N5O/c1-14-8-9-15(12-20-14)19(25)23-10-5-6-16(13-23)18-22-21-17-7-3-2-4-11-24(17)18/h8-9,12,16H,2-7,10-11,13H2,1H3. The Labute approximate surface area is 148 Å². The first-order valence-corrected chi connectivity index (χ1v) is 9.36. The number of aromatic nitrogens is 4. The maximum Gasteiger partial charge on any atom is 0.255 e. The zero-order valence-electron chi connectivity index (χ0n) is 14.8. The number of carbonyl (C=O) groups is 1. The predicted molar refractivity (Wildman–Crippen MR) is 94.4 cm³/mol. The minimum Gasteiger partial charge on any atom is -0.338 e.